The molecule has 1 aromatic heterocycles. The van der Waals surface area contributed by atoms with Gasteiger partial charge in [0.2, 0.25) is 0 Å². The van der Waals surface area contributed by atoms with Gasteiger partial charge < -0.3 is 15.5 Å². The van der Waals surface area contributed by atoms with Gasteiger partial charge in [-0.3, -0.25) is 4.99 Å². The van der Waals surface area contributed by atoms with Crippen molar-refractivity contribution in [3.05, 3.63) is 95.7 Å². The number of anilines is 1. The Kier molecular flexibility index (Phi) is 7.16. The van der Waals surface area contributed by atoms with Crippen LogP contribution in [0, 0.1) is 0 Å². The zero-order valence-electron chi connectivity index (χ0n) is 18.2. The summed E-state index contributed by atoms with van der Waals surface area (Å²) < 4.78 is 0. The van der Waals surface area contributed by atoms with Crippen LogP contribution in [0.15, 0.2) is 84.0 Å². The van der Waals surface area contributed by atoms with Gasteiger partial charge in [-0.15, -0.1) is 0 Å². The second-order valence-electron chi connectivity index (χ2n) is 7.90. The highest BCUT2D eigenvalue weighted by atomic mass is 15.2. The number of hydrogen-bond donors (Lipinski definition) is 2. The lowest BCUT2D eigenvalue weighted by molar-refractivity contribution is 0.727. The first-order valence-corrected chi connectivity index (χ1v) is 11.1. The molecule has 0 atom stereocenters. The minimum absolute atomic E-state index is 0.252. The quantitative estimate of drug-likeness (QED) is 0.451. The van der Waals surface area contributed by atoms with Gasteiger partial charge in [0.1, 0.15) is 5.82 Å². The molecule has 1 aliphatic heterocycles. The Labute approximate surface area is 185 Å². The van der Waals surface area contributed by atoms with E-state index in [2.05, 4.69) is 98.3 Å². The molecule has 160 valence electrons. The van der Waals surface area contributed by atoms with Crippen LogP contribution in [0.25, 0.3) is 0 Å². The monoisotopic (exact) mass is 413 g/mol. The van der Waals surface area contributed by atoms with Crippen molar-refractivity contribution >= 4 is 11.8 Å². The first-order chi connectivity index (χ1) is 15.3. The van der Waals surface area contributed by atoms with Crippen molar-refractivity contribution in [2.45, 2.75) is 25.3 Å². The number of pyridine rings is 1. The fourth-order valence-corrected chi connectivity index (χ4v) is 4.06. The highest BCUT2D eigenvalue weighted by Crippen LogP contribution is 2.23. The molecule has 3 aromatic rings. The average molecular weight is 414 g/mol. The van der Waals surface area contributed by atoms with Gasteiger partial charge in [0.25, 0.3) is 0 Å². The highest BCUT2D eigenvalue weighted by molar-refractivity contribution is 5.79. The van der Waals surface area contributed by atoms with E-state index >= 15 is 0 Å². The van der Waals surface area contributed by atoms with Crippen LogP contribution >= 0.6 is 0 Å². The van der Waals surface area contributed by atoms with Crippen LogP contribution in [0.1, 0.15) is 35.4 Å². The van der Waals surface area contributed by atoms with E-state index in [0.717, 1.165) is 37.0 Å². The molecule has 0 bridgehead atoms. The van der Waals surface area contributed by atoms with E-state index in [9.17, 15) is 0 Å². The molecular formula is C26H31N5. The molecule has 0 unspecified atom stereocenters. The summed E-state index contributed by atoms with van der Waals surface area (Å²) in [5, 5.41) is 6.92. The Morgan fingerprint density at radius 3 is 2.10 bits per heavy atom. The van der Waals surface area contributed by atoms with Crippen molar-refractivity contribution in [2.75, 3.05) is 31.6 Å². The lowest BCUT2D eigenvalue weighted by Gasteiger charge is -2.21. The largest absolute Gasteiger partial charge is 0.357 e. The summed E-state index contributed by atoms with van der Waals surface area (Å²) in [4.78, 5) is 11.4. The van der Waals surface area contributed by atoms with E-state index in [1.807, 2.05) is 13.2 Å². The van der Waals surface area contributed by atoms with Gasteiger partial charge in [-0.2, -0.15) is 0 Å². The third-order valence-corrected chi connectivity index (χ3v) is 5.80. The number of aliphatic imine (C=N–C) groups is 1. The second-order valence-corrected chi connectivity index (χ2v) is 7.90. The van der Waals surface area contributed by atoms with Gasteiger partial charge in [0.15, 0.2) is 5.96 Å². The lowest BCUT2D eigenvalue weighted by atomic mass is 9.91. The summed E-state index contributed by atoms with van der Waals surface area (Å²) in [6.07, 6.45) is 4.49. The Morgan fingerprint density at radius 2 is 1.55 bits per heavy atom. The molecule has 5 nitrogen and oxygen atoms in total. The van der Waals surface area contributed by atoms with Crippen LogP contribution in [0.3, 0.4) is 0 Å². The number of rotatable bonds is 7. The average Bonchev–Trinajstić information content (AvgIpc) is 3.38. The summed E-state index contributed by atoms with van der Waals surface area (Å²) in [7, 11) is 1.81. The molecule has 1 saturated heterocycles. The van der Waals surface area contributed by atoms with E-state index < -0.39 is 0 Å². The van der Waals surface area contributed by atoms with E-state index in [0.29, 0.717) is 6.54 Å². The molecule has 4 rings (SSSR count). The van der Waals surface area contributed by atoms with Crippen LogP contribution in [-0.2, 0) is 6.54 Å². The molecule has 2 N–H and O–H groups in total. The first kappa shape index (κ1) is 20.9. The van der Waals surface area contributed by atoms with E-state index in [1.165, 1.54) is 24.0 Å². The number of hydrogen-bond acceptors (Lipinski definition) is 3. The van der Waals surface area contributed by atoms with Gasteiger partial charge in [-0.05, 0) is 35.6 Å². The summed E-state index contributed by atoms with van der Waals surface area (Å²) in [5.41, 5.74) is 3.73. The molecule has 0 radical (unpaired) electrons. The number of guanidine groups is 1. The van der Waals surface area contributed by atoms with E-state index in [-0.39, 0.29) is 5.92 Å². The minimum Gasteiger partial charge on any atom is -0.357 e. The summed E-state index contributed by atoms with van der Waals surface area (Å²) in [6.45, 7) is 3.68. The maximum absolute atomic E-state index is 4.64. The molecule has 0 amide bonds. The Hall–Kier alpha value is -3.34. The maximum Gasteiger partial charge on any atom is 0.191 e. The fourth-order valence-electron chi connectivity index (χ4n) is 4.06. The maximum atomic E-state index is 4.64. The van der Waals surface area contributed by atoms with Gasteiger partial charge >= 0.3 is 0 Å². The number of aromatic nitrogens is 1. The van der Waals surface area contributed by atoms with Gasteiger partial charge in [0.05, 0.1) is 0 Å². The SMILES string of the molecule is CN=C(NCc1ccc(N2CCCC2)nc1)NCC(c1ccccc1)c1ccccc1. The minimum atomic E-state index is 0.252. The molecule has 31 heavy (non-hydrogen) atoms. The number of benzene rings is 2. The van der Waals surface area contributed by atoms with Gasteiger partial charge in [-0.1, -0.05) is 66.7 Å². The predicted octanol–water partition coefficient (Wildman–Crippen LogP) is 4.18. The molecule has 1 fully saturated rings. The van der Waals surface area contributed by atoms with Gasteiger partial charge in [-0.25, -0.2) is 4.98 Å². The van der Waals surface area contributed by atoms with Crippen LogP contribution in [0.5, 0.6) is 0 Å². The summed E-state index contributed by atoms with van der Waals surface area (Å²) >= 11 is 0. The molecule has 0 aliphatic carbocycles. The first-order valence-electron chi connectivity index (χ1n) is 11.1. The normalized spacial score (nSPS) is 14.1. The summed E-state index contributed by atoms with van der Waals surface area (Å²) in [6, 6.07) is 25.5. The topological polar surface area (TPSA) is 52.6 Å². The zero-order valence-corrected chi connectivity index (χ0v) is 18.2. The van der Waals surface area contributed by atoms with Gasteiger partial charge in [0, 0.05) is 45.3 Å². The third kappa shape index (κ3) is 5.63. The Bertz CT molecular complexity index is 909. The molecule has 2 heterocycles. The lowest BCUT2D eigenvalue weighted by Crippen LogP contribution is -2.39. The van der Waals surface area contributed by atoms with Crippen molar-refractivity contribution in [1.29, 1.82) is 0 Å². The van der Waals surface area contributed by atoms with Crippen molar-refractivity contribution < 1.29 is 0 Å². The summed E-state index contributed by atoms with van der Waals surface area (Å²) in [5.74, 6) is 2.13. The van der Waals surface area contributed by atoms with Crippen molar-refractivity contribution in [1.82, 2.24) is 15.6 Å². The highest BCUT2D eigenvalue weighted by Gasteiger charge is 2.15. The van der Waals surface area contributed by atoms with E-state index in [4.69, 9.17) is 0 Å². The fraction of sp³-hybridized carbons (Fsp3) is 0.308. The predicted molar refractivity (Wildman–Crippen MR) is 129 cm³/mol. The van der Waals surface area contributed by atoms with E-state index in [1.54, 1.807) is 0 Å². The smallest absolute Gasteiger partial charge is 0.191 e. The molecular weight excluding hydrogens is 382 g/mol. The van der Waals surface area contributed by atoms with Crippen LogP contribution < -0.4 is 15.5 Å². The number of nitrogens with one attached hydrogen (secondary N) is 2. The van der Waals surface area contributed by atoms with Crippen molar-refractivity contribution in [3.63, 3.8) is 0 Å². The molecule has 0 saturated carbocycles. The van der Waals surface area contributed by atoms with Crippen LogP contribution in [0.2, 0.25) is 0 Å². The van der Waals surface area contributed by atoms with Crippen molar-refractivity contribution in [3.8, 4) is 0 Å². The third-order valence-electron chi connectivity index (χ3n) is 5.80. The zero-order chi connectivity index (χ0) is 21.3. The van der Waals surface area contributed by atoms with Crippen molar-refractivity contribution in [2.24, 2.45) is 4.99 Å². The molecule has 2 aromatic carbocycles. The Morgan fingerprint density at radius 1 is 0.903 bits per heavy atom. The molecule has 1 aliphatic rings. The Balaban J connectivity index is 1.35. The number of nitrogens with zero attached hydrogens (tertiary/aromatic N) is 3. The standard InChI is InChI=1S/C26H31N5/c1-27-26(29-19-21-14-15-25(28-18-21)31-16-8-9-17-31)30-20-24(22-10-4-2-5-11-22)23-12-6-3-7-13-23/h2-7,10-15,18,24H,8-9,16-17,19-20H2,1H3,(H2,27,29,30). The van der Waals surface area contributed by atoms with Crippen LogP contribution in [-0.4, -0.2) is 37.6 Å². The molecule has 5 heteroatoms. The molecule has 0 spiro atoms. The van der Waals surface area contributed by atoms with Crippen LogP contribution in [0.4, 0.5) is 5.82 Å². The second kappa shape index (κ2) is 10.6.